The van der Waals surface area contributed by atoms with Gasteiger partial charge >= 0.3 is 13.8 Å². The molecule has 0 heterocycles. The van der Waals surface area contributed by atoms with Crippen LogP contribution in [0.5, 0.6) is 0 Å². The molecule has 360 valence electrons. The number of hydrogen-bond donors (Lipinski definition) is 1. The van der Waals surface area contributed by atoms with Crippen LogP contribution in [0.15, 0.2) is 109 Å². The second kappa shape index (κ2) is 45.7. The fraction of sp³-hybridized carbons (Fsp3) is 0.648. The van der Waals surface area contributed by atoms with Crippen molar-refractivity contribution in [2.24, 2.45) is 0 Å². The van der Waals surface area contributed by atoms with E-state index in [1.807, 2.05) is 21.1 Å². The second-order valence-electron chi connectivity index (χ2n) is 17.1. The maximum atomic E-state index is 12.7. The van der Waals surface area contributed by atoms with Crippen LogP contribution in [0.25, 0.3) is 0 Å². The minimum Gasteiger partial charge on any atom is -0.457 e. The number of rotatable bonds is 44. The van der Waals surface area contributed by atoms with Crippen molar-refractivity contribution < 1.29 is 37.3 Å². The van der Waals surface area contributed by atoms with E-state index >= 15 is 0 Å². The van der Waals surface area contributed by atoms with Gasteiger partial charge in [-0.05, 0) is 96.3 Å². The SMILES string of the molecule is CC/C=C\C/C=C\C/C=C\C/C=C\C/C=C\C/C=C\CCCOCC(COP(=O)(O)OCC[N+](C)(C)C)OC(=O)CCCCCCCC/C=C\C/C=C\C/C=C\CCCCCCC. The van der Waals surface area contributed by atoms with Crippen molar-refractivity contribution in [2.75, 3.05) is 54.1 Å². The molecule has 0 saturated heterocycles. The highest BCUT2D eigenvalue weighted by molar-refractivity contribution is 7.47. The Hall–Kier alpha value is -2.84. The highest BCUT2D eigenvalue weighted by Gasteiger charge is 2.26. The van der Waals surface area contributed by atoms with E-state index < -0.39 is 13.9 Å². The summed E-state index contributed by atoms with van der Waals surface area (Å²) in [4.78, 5) is 23.0. The molecule has 63 heavy (non-hydrogen) atoms. The minimum atomic E-state index is -4.31. The highest BCUT2D eigenvalue weighted by Crippen LogP contribution is 2.43. The van der Waals surface area contributed by atoms with E-state index in [2.05, 4.69) is 123 Å². The van der Waals surface area contributed by atoms with E-state index in [0.29, 0.717) is 24.1 Å². The van der Waals surface area contributed by atoms with Crippen LogP contribution in [0.2, 0.25) is 0 Å². The molecule has 0 rings (SSSR count). The van der Waals surface area contributed by atoms with Gasteiger partial charge in [0.05, 0.1) is 34.4 Å². The molecule has 1 N–H and O–H groups in total. The number of likely N-dealkylation sites (N-methyl/N-ethyl adjacent to an activating group) is 1. The lowest BCUT2D eigenvalue weighted by molar-refractivity contribution is -0.870. The average molecular weight is 899 g/mol. The Labute approximate surface area is 387 Å². The first-order chi connectivity index (χ1) is 30.6. The van der Waals surface area contributed by atoms with Crippen molar-refractivity contribution in [3.8, 4) is 0 Å². The maximum Gasteiger partial charge on any atom is 0.472 e. The van der Waals surface area contributed by atoms with Crippen molar-refractivity contribution in [1.29, 1.82) is 0 Å². The molecule has 9 heteroatoms. The molecule has 0 amide bonds. The van der Waals surface area contributed by atoms with E-state index in [1.165, 1.54) is 51.4 Å². The summed E-state index contributed by atoms with van der Waals surface area (Å²) in [7, 11) is 1.60. The summed E-state index contributed by atoms with van der Waals surface area (Å²) in [5.74, 6) is -0.350. The summed E-state index contributed by atoms with van der Waals surface area (Å²) in [5.41, 5.74) is 0. The van der Waals surface area contributed by atoms with Crippen molar-refractivity contribution in [3.05, 3.63) is 109 Å². The van der Waals surface area contributed by atoms with E-state index in [9.17, 15) is 14.3 Å². The van der Waals surface area contributed by atoms with Gasteiger partial charge < -0.3 is 18.9 Å². The Morgan fingerprint density at radius 1 is 0.508 bits per heavy atom. The van der Waals surface area contributed by atoms with E-state index in [-0.39, 0.29) is 25.8 Å². The van der Waals surface area contributed by atoms with Crippen LogP contribution in [-0.2, 0) is 27.9 Å². The molecule has 0 aromatic heterocycles. The zero-order chi connectivity index (χ0) is 46.2. The second-order valence-corrected chi connectivity index (χ2v) is 18.6. The zero-order valence-electron chi connectivity index (χ0n) is 40.8. The molecule has 0 aliphatic heterocycles. The van der Waals surface area contributed by atoms with Gasteiger partial charge in [-0.25, -0.2) is 4.57 Å². The third-order valence-electron chi connectivity index (χ3n) is 9.82. The highest BCUT2D eigenvalue weighted by atomic mass is 31.2. The molecule has 0 radical (unpaired) electrons. The Kier molecular flexibility index (Phi) is 43.7. The van der Waals surface area contributed by atoms with Gasteiger partial charge in [0.2, 0.25) is 0 Å². The summed E-state index contributed by atoms with van der Waals surface area (Å²) in [6, 6.07) is 0. The monoisotopic (exact) mass is 899 g/mol. The van der Waals surface area contributed by atoms with E-state index in [1.54, 1.807) is 0 Å². The summed E-state index contributed by atoms with van der Waals surface area (Å²) in [6.07, 6.45) is 64.3. The van der Waals surface area contributed by atoms with E-state index in [4.69, 9.17) is 18.5 Å². The summed E-state index contributed by atoms with van der Waals surface area (Å²) < 4.78 is 35.0. The Morgan fingerprint density at radius 2 is 0.921 bits per heavy atom. The van der Waals surface area contributed by atoms with Crippen LogP contribution in [-0.4, -0.2) is 75.6 Å². The number of hydrogen-bond acceptors (Lipinski definition) is 6. The summed E-state index contributed by atoms with van der Waals surface area (Å²) in [6.45, 7) is 5.29. The smallest absolute Gasteiger partial charge is 0.457 e. The van der Waals surface area contributed by atoms with Crippen LogP contribution in [0.1, 0.15) is 168 Å². The van der Waals surface area contributed by atoms with Gasteiger partial charge in [0.1, 0.15) is 19.3 Å². The number of phosphoric ester groups is 1. The normalized spacial score (nSPS) is 14.6. The Balaban J connectivity index is 4.34. The lowest BCUT2D eigenvalue weighted by atomic mass is 10.1. The molecule has 0 aromatic rings. The first kappa shape index (κ1) is 60.2. The number of phosphoric acid groups is 1. The molecular weight excluding hydrogens is 806 g/mol. The number of ether oxygens (including phenoxy) is 2. The van der Waals surface area contributed by atoms with Crippen LogP contribution in [0, 0.1) is 0 Å². The predicted octanol–water partition coefficient (Wildman–Crippen LogP) is 15.2. The number of allylic oxidation sites excluding steroid dienone is 18. The molecule has 0 aromatic carbocycles. The molecule has 8 nitrogen and oxygen atoms in total. The quantitative estimate of drug-likeness (QED) is 0.0214. The summed E-state index contributed by atoms with van der Waals surface area (Å²) >= 11 is 0. The molecule has 0 aliphatic rings. The Morgan fingerprint density at radius 3 is 1.38 bits per heavy atom. The standard InChI is InChI=1S/C54H92NO7P/c1-6-8-10-12-14-16-18-20-22-24-26-28-29-31-33-35-37-39-41-43-45-47-54(56)62-53(52-61-63(57,58)60-50-48-55(3,4)5)51-59-49-46-44-42-40-38-36-34-32-30-27-25-23-21-19-17-15-13-11-9-7-2/h9,11,15,17-18,20-21,23-24,26-27,29-31,34,36,40,42,53H,6-8,10,12-14,16,19,22,25,28,32-33,35,37-39,41,43-52H2,1-5H3/p+1/b11-9-,17-15-,20-18-,23-21-,26-24-,30-27-,31-29-,36-34-,42-40-. The fourth-order valence-corrected chi connectivity index (χ4v) is 6.79. The molecular formula is C54H93NO7P+. The van der Waals surface area contributed by atoms with Crippen molar-refractivity contribution in [3.63, 3.8) is 0 Å². The van der Waals surface area contributed by atoms with Crippen molar-refractivity contribution in [1.82, 2.24) is 0 Å². The number of quaternary nitrogens is 1. The minimum absolute atomic E-state index is 0.0682. The van der Waals surface area contributed by atoms with Gasteiger partial charge in [0, 0.05) is 13.0 Å². The molecule has 2 unspecified atom stereocenters. The largest absolute Gasteiger partial charge is 0.472 e. The number of carbonyl (C=O) groups excluding carboxylic acids is 1. The molecule has 0 aliphatic carbocycles. The lowest BCUT2D eigenvalue weighted by Gasteiger charge is -2.24. The third-order valence-corrected chi connectivity index (χ3v) is 10.8. The lowest BCUT2D eigenvalue weighted by Crippen LogP contribution is -2.37. The van der Waals surface area contributed by atoms with Crippen LogP contribution in [0.4, 0.5) is 0 Å². The van der Waals surface area contributed by atoms with Gasteiger partial charge in [-0.3, -0.25) is 13.8 Å². The first-order valence-corrected chi connectivity index (χ1v) is 26.1. The molecule has 0 spiro atoms. The Bertz CT molecular complexity index is 1370. The van der Waals surface area contributed by atoms with Gasteiger partial charge in [-0.1, -0.05) is 175 Å². The molecule has 0 bridgehead atoms. The zero-order valence-corrected chi connectivity index (χ0v) is 41.7. The van der Waals surface area contributed by atoms with Crippen LogP contribution < -0.4 is 0 Å². The number of carbonyl (C=O) groups is 1. The predicted molar refractivity (Wildman–Crippen MR) is 270 cm³/mol. The maximum absolute atomic E-state index is 12.7. The number of unbranched alkanes of at least 4 members (excludes halogenated alkanes) is 12. The molecule has 0 saturated carbocycles. The van der Waals surface area contributed by atoms with Gasteiger partial charge in [-0.15, -0.1) is 0 Å². The van der Waals surface area contributed by atoms with Gasteiger partial charge in [0.15, 0.2) is 0 Å². The van der Waals surface area contributed by atoms with Gasteiger partial charge in [0.25, 0.3) is 0 Å². The van der Waals surface area contributed by atoms with Gasteiger partial charge in [-0.2, -0.15) is 0 Å². The fourth-order valence-electron chi connectivity index (χ4n) is 6.05. The third kappa shape index (κ3) is 50.0. The number of nitrogens with zero attached hydrogens (tertiary/aromatic N) is 1. The topological polar surface area (TPSA) is 91.3 Å². The van der Waals surface area contributed by atoms with Crippen LogP contribution >= 0.6 is 7.82 Å². The molecule has 2 atom stereocenters. The first-order valence-electron chi connectivity index (χ1n) is 24.6. The van der Waals surface area contributed by atoms with Crippen molar-refractivity contribution in [2.45, 2.75) is 174 Å². The van der Waals surface area contributed by atoms with Crippen molar-refractivity contribution >= 4 is 13.8 Å². The average Bonchev–Trinajstić information content (AvgIpc) is 3.24. The van der Waals surface area contributed by atoms with E-state index in [0.717, 1.165) is 96.3 Å². The number of esters is 1. The summed E-state index contributed by atoms with van der Waals surface area (Å²) in [5, 5.41) is 0. The van der Waals surface area contributed by atoms with Crippen LogP contribution in [0.3, 0.4) is 0 Å². The molecule has 0 fully saturated rings.